The van der Waals surface area contributed by atoms with E-state index in [0.717, 1.165) is 46.8 Å². The topological polar surface area (TPSA) is 311 Å². The van der Waals surface area contributed by atoms with Gasteiger partial charge >= 0.3 is 59.7 Å². The van der Waals surface area contributed by atoms with Crippen molar-refractivity contribution in [3.8, 4) is 35.1 Å². The van der Waals surface area contributed by atoms with Crippen LogP contribution < -0.4 is 18.9 Å². The molecule has 0 spiro atoms. The lowest BCUT2D eigenvalue weighted by Gasteiger charge is -2.26. The van der Waals surface area contributed by atoms with Gasteiger partial charge in [-0.1, -0.05) is 60.9 Å². The van der Waals surface area contributed by atoms with Crippen molar-refractivity contribution in [3.63, 3.8) is 0 Å². The average molecular weight is 1220 g/mol. The van der Waals surface area contributed by atoms with Crippen LogP contribution in [0.5, 0.6) is 23.0 Å². The number of thioether (sulfide) groups is 2. The van der Waals surface area contributed by atoms with Gasteiger partial charge in [-0.3, -0.25) is 38.4 Å². The molecule has 2 aliphatic carbocycles. The summed E-state index contributed by atoms with van der Waals surface area (Å²) in [7, 11) is 0. The molecule has 1 aliphatic heterocycles. The summed E-state index contributed by atoms with van der Waals surface area (Å²) >= 11 is 2.09. The number of nitrogens with zero attached hydrogens (tertiary/aromatic N) is 2. The summed E-state index contributed by atoms with van der Waals surface area (Å²) in [6.07, 6.45) is 3.32. The molecule has 0 radical (unpaired) electrons. The van der Waals surface area contributed by atoms with E-state index in [1.807, 2.05) is 12.1 Å². The van der Waals surface area contributed by atoms with Gasteiger partial charge in [-0.15, -0.1) is 0 Å². The van der Waals surface area contributed by atoms with Crippen LogP contribution in [0.2, 0.25) is 0 Å². The van der Waals surface area contributed by atoms with Crippen LogP contribution >= 0.6 is 23.5 Å². The van der Waals surface area contributed by atoms with E-state index in [4.69, 9.17) is 47.4 Å². The summed E-state index contributed by atoms with van der Waals surface area (Å²) in [6, 6.07) is 20.2. The Morgan fingerprint density at radius 1 is 0.488 bits per heavy atom. The van der Waals surface area contributed by atoms with Crippen LogP contribution in [0.1, 0.15) is 102 Å². The van der Waals surface area contributed by atoms with Gasteiger partial charge < -0.3 is 47.4 Å². The van der Waals surface area contributed by atoms with Crippen molar-refractivity contribution in [1.29, 1.82) is 10.5 Å². The van der Waals surface area contributed by atoms with E-state index in [0.29, 0.717) is 89.7 Å². The molecular formula is C62H64N2O20S2. The minimum Gasteiger partial charge on any atom is -0.465 e. The van der Waals surface area contributed by atoms with Crippen LogP contribution in [0, 0.1) is 46.3 Å². The Balaban J connectivity index is 0.900. The minimum absolute atomic E-state index is 0.0475. The minimum atomic E-state index is -0.699. The first-order chi connectivity index (χ1) is 41.3. The van der Waals surface area contributed by atoms with E-state index in [1.165, 1.54) is 12.1 Å². The van der Waals surface area contributed by atoms with Gasteiger partial charge in [0.25, 0.3) is 0 Å². The molecule has 2 fully saturated rings. The van der Waals surface area contributed by atoms with Gasteiger partial charge in [-0.05, 0) is 113 Å². The summed E-state index contributed by atoms with van der Waals surface area (Å²) in [5, 5.41) is 19.4. The van der Waals surface area contributed by atoms with Crippen LogP contribution in [-0.4, -0.2) is 98.3 Å². The molecule has 0 bridgehead atoms. The van der Waals surface area contributed by atoms with Gasteiger partial charge in [0.2, 0.25) is 0 Å². The summed E-state index contributed by atoms with van der Waals surface area (Å²) in [4.78, 5) is 125. The predicted octanol–water partition coefficient (Wildman–Crippen LogP) is 8.83. The zero-order valence-corrected chi connectivity index (χ0v) is 49.0. The molecule has 3 aliphatic rings. The van der Waals surface area contributed by atoms with E-state index in [-0.39, 0.29) is 69.2 Å². The molecule has 0 amide bonds. The molecule has 1 heterocycles. The number of carbonyl (C=O) groups is 10. The lowest BCUT2D eigenvalue weighted by Crippen LogP contribution is -2.30. The standard InChI is InChI=1S/C62H64N2O20S2/c1-5-50(65)77-35-38(4)80-55(70)28-27-53(68)76-32-30-40-9-21-47(22-10-40)82-59(72)42-13-17-44(18-14-42)61(74)84-49-24-23-48(56-57(49)86-62(85-56)45(33-63)34-64)83-60(73)43-15-11-41(12-16-43)58(71)81-46-19-7-39(8-20-46)29-31-75-52(67)25-26-54(69)78-36-37(3)79-51(66)6-2/h5-10,19-24,37-38,41-44H,1-2,11-18,25-32,35-36H2,3-4H3/t37?,38?,41-,42-,43-,44-. The second-order valence-electron chi connectivity index (χ2n) is 20.1. The lowest BCUT2D eigenvalue weighted by molar-refractivity contribution is -0.157. The molecule has 3 aromatic carbocycles. The monoisotopic (exact) mass is 1220 g/mol. The molecule has 0 saturated heterocycles. The number of esters is 10. The Morgan fingerprint density at radius 3 is 1.24 bits per heavy atom. The quantitative estimate of drug-likeness (QED) is 0.0215. The third-order valence-electron chi connectivity index (χ3n) is 13.6. The van der Waals surface area contributed by atoms with Crippen LogP contribution in [0.15, 0.2) is 106 Å². The Morgan fingerprint density at radius 2 is 0.849 bits per heavy atom. The number of carbonyl (C=O) groups excluding carboxylic acids is 10. The normalized spacial score (nSPS) is 17.4. The summed E-state index contributed by atoms with van der Waals surface area (Å²) in [6.45, 7) is 9.45. The van der Waals surface area contributed by atoms with Gasteiger partial charge in [-0.2, -0.15) is 10.5 Å². The highest BCUT2D eigenvalue weighted by atomic mass is 32.2. The maximum Gasteiger partial charge on any atom is 0.330 e. The third kappa shape index (κ3) is 21.1. The molecule has 2 saturated carbocycles. The van der Waals surface area contributed by atoms with Crippen molar-refractivity contribution < 1.29 is 95.3 Å². The highest BCUT2D eigenvalue weighted by Crippen LogP contribution is 2.59. The van der Waals surface area contributed by atoms with Crippen molar-refractivity contribution in [2.24, 2.45) is 23.7 Å². The molecule has 24 heteroatoms. The van der Waals surface area contributed by atoms with Crippen molar-refractivity contribution in [2.45, 2.75) is 126 Å². The smallest absolute Gasteiger partial charge is 0.330 e. The molecule has 22 nitrogen and oxygen atoms in total. The summed E-state index contributed by atoms with van der Waals surface area (Å²) in [5.41, 5.74) is 1.43. The largest absolute Gasteiger partial charge is 0.465 e. The zero-order valence-electron chi connectivity index (χ0n) is 47.4. The number of hydrogen-bond acceptors (Lipinski definition) is 24. The molecule has 6 rings (SSSR count). The molecule has 0 aromatic heterocycles. The highest BCUT2D eigenvalue weighted by molar-refractivity contribution is 8.24. The van der Waals surface area contributed by atoms with Gasteiger partial charge in [0, 0.05) is 25.0 Å². The molecule has 86 heavy (non-hydrogen) atoms. The van der Waals surface area contributed by atoms with Crippen molar-refractivity contribution in [3.05, 3.63) is 107 Å². The van der Waals surface area contributed by atoms with Crippen molar-refractivity contribution in [2.75, 3.05) is 26.4 Å². The maximum atomic E-state index is 13.7. The Kier molecular flexibility index (Phi) is 26.0. The Labute approximate surface area is 504 Å². The van der Waals surface area contributed by atoms with E-state index < -0.39 is 95.6 Å². The summed E-state index contributed by atoms with van der Waals surface area (Å²) in [5.74, 6) is -6.86. The molecule has 2 unspecified atom stereocenters. The van der Waals surface area contributed by atoms with Crippen LogP contribution in [0.3, 0.4) is 0 Å². The van der Waals surface area contributed by atoms with Gasteiger partial charge in [0.05, 0.1) is 76.6 Å². The van der Waals surface area contributed by atoms with E-state index >= 15 is 0 Å². The molecule has 454 valence electrons. The number of rotatable bonds is 28. The second-order valence-corrected chi connectivity index (χ2v) is 22.4. The van der Waals surface area contributed by atoms with E-state index in [2.05, 4.69) is 13.2 Å². The van der Waals surface area contributed by atoms with Gasteiger partial charge in [-0.25, -0.2) is 9.59 Å². The number of allylic oxidation sites excluding steroid dienone is 1. The Hall–Kier alpha value is -8.74. The molecular weight excluding hydrogens is 1160 g/mol. The molecule has 2 atom stereocenters. The lowest BCUT2D eigenvalue weighted by atomic mass is 9.82. The number of fused-ring (bicyclic) bond motifs is 1. The van der Waals surface area contributed by atoms with Crippen LogP contribution in [0.4, 0.5) is 0 Å². The highest BCUT2D eigenvalue weighted by Gasteiger charge is 2.37. The van der Waals surface area contributed by atoms with Gasteiger partial charge in [0.1, 0.15) is 66.1 Å². The van der Waals surface area contributed by atoms with Gasteiger partial charge in [0.15, 0.2) is 0 Å². The second kappa shape index (κ2) is 33.7. The van der Waals surface area contributed by atoms with Crippen LogP contribution in [-0.2, 0) is 89.2 Å². The fourth-order valence-electron chi connectivity index (χ4n) is 8.92. The number of ether oxygens (including phenoxy) is 10. The van der Waals surface area contributed by atoms with Crippen LogP contribution in [0.25, 0.3) is 0 Å². The van der Waals surface area contributed by atoms with E-state index in [9.17, 15) is 58.5 Å². The first-order valence-corrected chi connectivity index (χ1v) is 29.4. The molecule has 0 N–H and O–H groups in total. The summed E-state index contributed by atoms with van der Waals surface area (Å²) < 4.78 is 53.8. The maximum absolute atomic E-state index is 13.7. The first-order valence-electron chi connectivity index (χ1n) is 27.7. The fraction of sp³-hybridized carbons (Fsp3) is 0.419. The number of benzene rings is 3. The zero-order chi connectivity index (χ0) is 62.1. The number of hydrogen-bond donors (Lipinski definition) is 0. The average Bonchev–Trinajstić information content (AvgIpc) is 2.41. The van der Waals surface area contributed by atoms with Crippen molar-refractivity contribution in [1.82, 2.24) is 0 Å². The predicted molar refractivity (Wildman–Crippen MR) is 304 cm³/mol. The van der Waals surface area contributed by atoms with Crippen molar-refractivity contribution >= 4 is 83.2 Å². The number of nitriles is 2. The first kappa shape index (κ1) is 66.4. The Bertz CT molecular complexity index is 3110. The third-order valence-corrected chi connectivity index (χ3v) is 16.3. The molecule has 3 aromatic rings. The fourth-order valence-corrected chi connectivity index (χ4v) is 11.4. The SMILES string of the molecule is C=CC(=O)OCC(C)OC(=O)CCC(=O)OCCc1ccc(OC(=O)[C@H]2CC[C@H](C(=O)Oc3ccc(OC(=O)[C@H]4CC[C@H](C(=O)Oc5ccc(CCOC(=O)CCC(=O)OCC(C)OC(=O)C=C)cc5)CC4)c4c3SC(=C(C#N)C#N)S4)CC2)cc1. The van der Waals surface area contributed by atoms with E-state index in [1.54, 1.807) is 62.4 Å².